The average Bonchev–Trinajstić information content (AvgIpc) is 2.54. The predicted molar refractivity (Wildman–Crippen MR) is 72.6 cm³/mol. The number of hydrogen-bond acceptors (Lipinski definition) is 8. The second-order valence-corrected chi connectivity index (χ2v) is 6.38. The molecule has 8 heteroatoms. The summed E-state index contributed by atoms with van der Waals surface area (Å²) in [6.07, 6.45) is -1.51. The van der Waals surface area contributed by atoms with Crippen LogP contribution >= 0.6 is 0 Å². The molecule has 4 atom stereocenters. The molecule has 2 rings (SSSR count). The van der Waals surface area contributed by atoms with Gasteiger partial charge in [-0.25, -0.2) is 4.79 Å². The summed E-state index contributed by atoms with van der Waals surface area (Å²) in [6, 6.07) is -2.07. The van der Waals surface area contributed by atoms with E-state index in [0.29, 0.717) is 0 Å². The number of aliphatic hydroxyl groups excluding tert-OH is 1. The van der Waals surface area contributed by atoms with Crippen LogP contribution in [-0.4, -0.2) is 59.0 Å². The van der Waals surface area contributed by atoms with Crippen LogP contribution < -0.4 is 5.32 Å². The molecule has 0 unspecified atom stereocenters. The van der Waals surface area contributed by atoms with Crippen LogP contribution in [0.25, 0.3) is 0 Å². The van der Waals surface area contributed by atoms with Gasteiger partial charge in [-0.1, -0.05) is 0 Å². The maximum atomic E-state index is 12.4. The van der Waals surface area contributed by atoms with E-state index in [-0.39, 0.29) is 13.0 Å². The Balaban J connectivity index is 2.38. The van der Waals surface area contributed by atoms with Gasteiger partial charge in [0, 0.05) is 6.04 Å². The molecule has 0 radical (unpaired) electrons. The van der Waals surface area contributed by atoms with E-state index >= 15 is 0 Å². The number of esters is 3. The summed E-state index contributed by atoms with van der Waals surface area (Å²) in [5.74, 6) is -2.42. The Morgan fingerprint density at radius 2 is 2.09 bits per heavy atom. The van der Waals surface area contributed by atoms with Gasteiger partial charge in [-0.2, -0.15) is 0 Å². The van der Waals surface area contributed by atoms with Crippen molar-refractivity contribution in [3.05, 3.63) is 0 Å². The Hall–Kier alpha value is -1.67. The molecule has 2 bridgehead atoms. The molecule has 2 N–H and O–H groups in total. The first-order valence-corrected chi connectivity index (χ1v) is 7.18. The van der Waals surface area contributed by atoms with Crippen LogP contribution in [0, 0.1) is 0 Å². The summed E-state index contributed by atoms with van der Waals surface area (Å²) in [7, 11) is 0. The summed E-state index contributed by atoms with van der Waals surface area (Å²) in [5.41, 5.74) is -2.89. The highest BCUT2D eigenvalue weighted by molar-refractivity contribution is 5.95. The minimum Gasteiger partial charge on any atom is -0.463 e. The first-order chi connectivity index (χ1) is 10.1. The molecular weight excluding hydrogens is 294 g/mol. The number of carbonyl (C=O) groups is 3. The Morgan fingerprint density at radius 1 is 1.45 bits per heavy atom. The Bertz CT molecular complexity index is 498. The average molecular weight is 315 g/mol. The lowest BCUT2D eigenvalue weighted by Gasteiger charge is -2.36. The standard InChI is InChI=1S/C14H21NO7/c1-5-20-12(19)14-9(11(18)22-13(2,3)4)15-7(10(14)17)6-8(16)21-14/h7,9-10,15,17H,5-6H2,1-4H3/t7-,9-,10-,14-/m1/s1. The fourth-order valence-electron chi connectivity index (χ4n) is 2.73. The molecular formula is C14H21NO7. The van der Waals surface area contributed by atoms with Crippen molar-refractivity contribution >= 4 is 17.9 Å². The van der Waals surface area contributed by atoms with Gasteiger partial charge in [-0.15, -0.1) is 0 Å². The van der Waals surface area contributed by atoms with E-state index in [1.165, 1.54) is 0 Å². The summed E-state index contributed by atoms with van der Waals surface area (Å²) in [6.45, 7) is 6.62. The zero-order valence-corrected chi connectivity index (χ0v) is 13.0. The molecule has 124 valence electrons. The van der Waals surface area contributed by atoms with Crippen molar-refractivity contribution in [1.82, 2.24) is 5.32 Å². The quantitative estimate of drug-likeness (QED) is 0.518. The van der Waals surface area contributed by atoms with Crippen molar-refractivity contribution in [2.45, 2.75) is 63.5 Å². The Kier molecular flexibility index (Phi) is 4.18. The summed E-state index contributed by atoms with van der Waals surface area (Å²) in [5, 5.41) is 13.1. The molecule has 0 saturated carbocycles. The SMILES string of the molecule is CCOC(=O)[C@@]12OC(=O)C[C@@H](N[C@@H]1C(=O)OC(C)(C)C)[C@H]2O. The molecule has 0 aromatic heterocycles. The fourth-order valence-corrected chi connectivity index (χ4v) is 2.73. The molecule has 2 aliphatic rings. The van der Waals surface area contributed by atoms with Gasteiger partial charge >= 0.3 is 17.9 Å². The lowest BCUT2D eigenvalue weighted by atomic mass is 9.87. The molecule has 8 nitrogen and oxygen atoms in total. The number of nitrogens with one attached hydrogen (secondary N) is 1. The minimum absolute atomic E-state index is 0.0244. The molecule has 2 aliphatic heterocycles. The maximum Gasteiger partial charge on any atom is 0.355 e. The summed E-state index contributed by atoms with van der Waals surface area (Å²) >= 11 is 0. The zero-order valence-electron chi connectivity index (χ0n) is 13.0. The summed E-state index contributed by atoms with van der Waals surface area (Å²) in [4.78, 5) is 36.4. The van der Waals surface area contributed by atoms with Gasteiger partial charge in [0.25, 0.3) is 5.60 Å². The van der Waals surface area contributed by atoms with Crippen molar-refractivity contribution in [2.75, 3.05) is 6.61 Å². The molecule has 2 fully saturated rings. The van der Waals surface area contributed by atoms with Gasteiger partial charge < -0.3 is 19.3 Å². The Morgan fingerprint density at radius 3 is 2.64 bits per heavy atom. The van der Waals surface area contributed by atoms with Crippen molar-refractivity contribution in [2.24, 2.45) is 0 Å². The van der Waals surface area contributed by atoms with Crippen molar-refractivity contribution in [3.8, 4) is 0 Å². The van der Waals surface area contributed by atoms with Crippen LogP contribution in [0.2, 0.25) is 0 Å². The molecule has 0 amide bonds. The molecule has 0 aliphatic carbocycles. The van der Waals surface area contributed by atoms with E-state index < -0.39 is 47.3 Å². The third kappa shape index (κ3) is 2.68. The lowest BCUT2D eigenvalue weighted by Crippen LogP contribution is -2.63. The number of rotatable bonds is 3. The topological polar surface area (TPSA) is 111 Å². The second-order valence-electron chi connectivity index (χ2n) is 6.38. The van der Waals surface area contributed by atoms with E-state index in [2.05, 4.69) is 5.32 Å². The monoisotopic (exact) mass is 315 g/mol. The Labute approximate surface area is 128 Å². The molecule has 0 spiro atoms. The van der Waals surface area contributed by atoms with Crippen LogP contribution in [0.4, 0.5) is 0 Å². The minimum atomic E-state index is -2.10. The van der Waals surface area contributed by atoms with Crippen LogP contribution in [0.15, 0.2) is 0 Å². The van der Waals surface area contributed by atoms with Gasteiger partial charge in [0.1, 0.15) is 11.7 Å². The lowest BCUT2D eigenvalue weighted by molar-refractivity contribution is -0.205. The molecule has 22 heavy (non-hydrogen) atoms. The predicted octanol–water partition coefficient (Wildman–Crippen LogP) is -0.722. The van der Waals surface area contributed by atoms with Crippen LogP contribution in [0.1, 0.15) is 34.1 Å². The van der Waals surface area contributed by atoms with Crippen molar-refractivity contribution in [3.63, 3.8) is 0 Å². The number of hydrogen-bond donors (Lipinski definition) is 2. The van der Waals surface area contributed by atoms with E-state index in [4.69, 9.17) is 14.2 Å². The van der Waals surface area contributed by atoms with Crippen LogP contribution in [0.3, 0.4) is 0 Å². The highest BCUT2D eigenvalue weighted by Crippen LogP contribution is 2.38. The van der Waals surface area contributed by atoms with E-state index in [0.717, 1.165) is 0 Å². The smallest absolute Gasteiger partial charge is 0.355 e. The first-order valence-electron chi connectivity index (χ1n) is 7.18. The number of fused-ring (bicyclic) bond motifs is 2. The highest BCUT2D eigenvalue weighted by Gasteiger charge is 2.69. The highest BCUT2D eigenvalue weighted by atomic mass is 16.6. The first kappa shape index (κ1) is 16.7. The maximum absolute atomic E-state index is 12.4. The molecule has 0 aromatic rings. The molecule has 0 aromatic carbocycles. The number of carbonyl (C=O) groups excluding carboxylic acids is 3. The largest absolute Gasteiger partial charge is 0.463 e. The van der Waals surface area contributed by atoms with Gasteiger partial charge in [-0.3, -0.25) is 14.9 Å². The van der Waals surface area contributed by atoms with Crippen molar-refractivity contribution < 1.29 is 33.7 Å². The van der Waals surface area contributed by atoms with Crippen LogP contribution in [0.5, 0.6) is 0 Å². The summed E-state index contributed by atoms with van der Waals surface area (Å²) < 4.78 is 15.3. The van der Waals surface area contributed by atoms with Gasteiger partial charge in [0.2, 0.25) is 0 Å². The van der Waals surface area contributed by atoms with Crippen LogP contribution in [-0.2, 0) is 28.6 Å². The van der Waals surface area contributed by atoms with Gasteiger partial charge in [0.15, 0.2) is 6.04 Å². The van der Waals surface area contributed by atoms with E-state index in [9.17, 15) is 19.5 Å². The van der Waals surface area contributed by atoms with Gasteiger partial charge in [0.05, 0.1) is 13.0 Å². The zero-order chi connectivity index (χ0) is 16.7. The molecule has 2 heterocycles. The van der Waals surface area contributed by atoms with Gasteiger partial charge in [-0.05, 0) is 27.7 Å². The normalized spacial score (nSPS) is 34.0. The van der Waals surface area contributed by atoms with E-state index in [1.807, 2.05) is 0 Å². The number of ether oxygens (including phenoxy) is 3. The third-order valence-electron chi connectivity index (χ3n) is 3.54. The molecule has 2 saturated heterocycles. The number of aliphatic hydroxyl groups is 1. The third-order valence-corrected chi connectivity index (χ3v) is 3.54. The van der Waals surface area contributed by atoms with E-state index in [1.54, 1.807) is 27.7 Å². The van der Waals surface area contributed by atoms with Crippen molar-refractivity contribution in [1.29, 1.82) is 0 Å². The second kappa shape index (κ2) is 5.51. The fraction of sp³-hybridized carbons (Fsp3) is 0.786.